The van der Waals surface area contributed by atoms with Gasteiger partial charge in [0.05, 0.1) is 44.6 Å². The Hall–Kier alpha value is -8.17. The first-order valence-corrected chi connectivity index (χ1v) is 18.0. The topological polar surface area (TPSA) is 478 Å². The Morgan fingerprint density at radius 3 is 1.05 bits per heavy atom. The predicted molar refractivity (Wildman–Crippen MR) is 203 cm³/mol. The van der Waals surface area contributed by atoms with Crippen molar-refractivity contribution in [1.82, 2.24) is 36.9 Å². The molecule has 0 aliphatic heterocycles. The predicted octanol–water partition coefficient (Wildman–Crippen LogP) is -5.12. The molecule has 7 atom stereocenters. The number of hydrogen-bond acceptors (Lipinski definition) is 14. The largest absolute Gasteiger partial charge is 0.481 e. The van der Waals surface area contributed by atoms with Crippen LogP contribution in [-0.2, 0) is 68.7 Å². The second-order valence-corrected chi connectivity index (χ2v) is 13.5. The van der Waals surface area contributed by atoms with Crippen molar-refractivity contribution in [2.75, 3.05) is 0 Å². The summed E-state index contributed by atoms with van der Waals surface area (Å²) in [6, 6.07) is -7.70. The van der Waals surface area contributed by atoms with Crippen molar-refractivity contribution >= 4 is 88.1 Å². The molecule has 2 aromatic rings. The Bertz CT molecular complexity index is 2140. The van der Waals surface area contributed by atoms with Gasteiger partial charge < -0.3 is 78.4 Å². The standard InChI is InChI=1S/C35H42N8O20/c36-15(5-13-12-37-16-4-2-1-3-14(13)16)29(56)38-17(6-23(44)45)30(57)39-18(7-24(46)47)31(58)40-19(8-25(48)49)32(59)41-20(9-26(50)51)33(60)42-21(10-27(52)53)34(61)43-22(35(62)63)11-28(54)55/h1-4,12,15,17-22,37H,5-11,36H2,(H,38,56)(H,39,57)(H,40,58)(H,41,59)(H,42,60)(H,43,61)(H,44,45)(H,46,47)(H,48,49)(H,50,51)(H,52,53)(H,54,55)(H,62,63)/t15-,17-,18-,19-,20-,21-,22-/m0/s1. The highest BCUT2D eigenvalue weighted by Gasteiger charge is 2.37. The van der Waals surface area contributed by atoms with Gasteiger partial charge in [-0.15, -0.1) is 0 Å². The van der Waals surface area contributed by atoms with E-state index in [0.29, 0.717) is 16.5 Å². The summed E-state index contributed by atoms with van der Waals surface area (Å²) in [6.07, 6.45) is -6.24. The molecule has 1 aromatic heterocycles. The molecule has 63 heavy (non-hydrogen) atoms. The van der Waals surface area contributed by atoms with Gasteiger partial charge in [0.25, 0.3) is 0 Å². The molecule has 342 valence electrons. The average Bonchev–Trinajstić information content (AvgIpc) is 3.57. The van der Waals surface area contributed by atoms with Crippen LogP contribution >= 0.6 is 0 Å². The number of hydrogen-bond donors (Lipinski definition) is 15. The van der Waals surface area contributed by atoms with Gasteiger partial charge in [0.1, 0.15) is 36.3 Å². The van der Waals surface area contributed by atoms with E-state index in [9.17, 15) is 93.0 Å². The number of carbonyl (C=O) groups is 13. The number of carboxylic acid groups (broad SMARTS) is 7. The first-order chi connectivity index (χ1) is 29.4. The fraction of sp³-hybridized carbons (Fsp3) is 0.400. The lowest BCUT2D eigenvalue weighted by Gasteiger charge is -2.26. The van der Waals surface area contributed by atoms with Gasteiger partial charge >= 0.3 is 41.8 Å². The van der Waals surface area contributed by atoms with Crippen LogP contribution in [0.4, 0.5) is 0 Å². The Balaban J connectivity index is 2.31. The van der Waals surface area contributed by atoms with Gasteiger partial charge in [0.15, 0.2) is 0 Å². The van der Waals surface area contributed by atoms with Gasteiger partial charge in [0.2, 0.25) is 35.4 Å². The van der Waals surface area contributed by atoms with E-state index in [4.69, 9.17) is 10.8 Å². The van der Waals surface area contributed by atoms with E-state index in [-0.39, 0.29) is 6.42 Å². The second kappa shape index (κ2) is 23.6. The maximum atomic E-state index is 13.4. The highest BCUT2D eigenvalue weighted by atomic mass is 16.4. The Labute approximate surface area is 351 Å². The number of rotatable bonds is 27. The molecule has 28 heteroatoms. The lowest BCUT2D eigenvalue weighted by atomic mass is 10.0. The van der Waals surface area contributed by atoms with E-state index in [1.54, 1.807) is 51.7 Å². The van der Waals surface area contributed by atoms with E-state index >= 15 is 0 Å². The molecule has 0 fully saturated rings. The van der Waals surface area contributed by atoms with Crippen LogP contribution in [0.2, 0.25) is 0 Å². The summed E-state index contributed by atoms with van der Waals surface area (Å²) in [4.78, 5) is 162. The van der Waals surface area contributed by atoms with Gasteiger partial charge in [-0.1, -0.05) is 18.2 Å². The minimum Gasteiger partial charge on any atom is -0.481 e. The summed E-state index contributed by atoms with van der Waals surface area (Å²) in [5.74, 6) is -21.5. The molecule has 28 nitrogen and oxygen atoms in total. The number of aromatic nitrogens is 1. The zero-order valence-electron chi connectivity index (χ0n) is 32.4. The van der Waals surface area contributed by atoms with E-state index in [2.05, 4.69) is 10.3 Å². The van der Waals surface area contributed by atoms with Crippen LogP contribution in [0, 0.1) is 0 Å². The molecular formula is C35H42N8O20. The molecule has 0 aliphatic carbocycles. The fourth-order valence-electron chi connectivity index (χ4n) is 5.56. The molecule has 0 aliphatic rings. The third-order valence-corrected chi connectivity index (χ3v) is 8.50. The summed E-state index contributed by atoms with van der Waals surface area (Å²) < 4.78 is 0. The molecule has 0 unspecified atom stereocenters. The number of benzene rings is 1. The van der Waals surface area contributed by atoms with Crippen molar-refractivity contribution in [3.05, 3.63) is 36.0 Å². The van der Waals surface area contributed by atoms with Crippen LogP contribution in [0.1, 0.15) is 44.1 Å². The minimum atomic E-state index is -2.32. The van der Waals surface area contributed by atoms with Gasteiger partial charge in [-0.2, -0.15) is 0 Å². The number of para-hydroxylation sites is 1. The first-order valence-electron chi connectivity index (χ1n) is 18.0. The van der Waals surface area contributed by atoms with Gasteiger partial charge in [0, 0.05) is 17.1 Å². The third kappa shape index (κ3) is 17.1. The van der Waals surface area contributed by atoms with Crippen molar-refractivity contribution in [3.8, 4) is 0 Å². The van der Waals surface area contributed by atoms with E-state index in [1.165, 1.54) is 0 Å². The van der Waals surface area contributed by atoms with Crippen molar-refractivity contribution in [3.63, 3.8) is 0 Å². The lowest BCUT2D eigenvalue weighted by molar-refractivity contribution is -0.148. The smallest absolute Gasteiger partial charge is 0.326 e. The molecule has 2 rings (SSSR count). The van der Waals surface area contributed by atoms with Crippen LogP contribution in [0.5, 0.6) is 0 Å². The Kier molecular flexibility index (Phi) is 19.1. The number of aromatic amines is 1. The molecular weight excluding hydrogens is 852 g/mol. The quantitative estimate of drug-likeness (QED) is 0.0399. The summed E-state index contributed by atoms with van der Waals surface area (Å²) >= 11 is 0. The fourth-order valence-corrected chi connectivity index (χ4v) is 5.56. The second-order valence-electron chi connectivity index (χ2n) is 13.5. The molecule has 1 heterocycles. The van der Waals surface area contributed by atoms with Crippen molar-refractivity contribution in [2.45, 2.75) is 87.2 Å². The number of aliphatic carboxylic acids is 7. The summed E-state index contributed by atoms with van der Waals surface area (Å²) in [7, 11) is 0. The van der Waals surface area contributed by atoms with Crippen LogP contribution in [0.15, 0.2) is 30.5 Å². The summed E-state index contributed by atoms with van der Waals surface area (Å²) in [6.45, 7) is 0. The average molecular weight is 895 g/mol. The van der Waals surface area contributed by atoms with Crippen LogP contribution in [0.3, 0.4) is 0 Å². The number of carbonyl (C=O) groups excluding carboxylic acids is 6. The molecule has 16 N–H and O–H groups in total. The SMILES string of the molecule is N[C@@H](Cc1c[nH]c2ccccc12)C(=O)N[C@@H](CC(=O)O)C(=O)N[C@@H](CC(=O)O)C(=O)N[C@@H](CC(=O)O)C(=O)N[C@@H](CC(=O)O)C(=O)N[C@@H](CC(=O)O)C(=O)N[C@@H](CC(=O)O)C(=O)O. The van der Waals surface area contributed by atoms with Crippen LogP contribution in [-0.4, -0.2) is 160 Å². The number of nitrogens with two attached hydrogens (primary N) is 1. The third-order valence-electron chi connectivity index (χ3n) is 8.50. The van der Waals surface area contributed by atoms with Gasteiger partial charge in [-0.25, -0.2) is 4.79 Å². The van der Waals surface area contributed by atoms with Crippen molar-refractivity contribution in [2.24, 2.45) is 5.73 Å². The number of carboxylic acids is 7. The van der Waals surface area contributed by atoms with Crippen molar-refractivity contribution < 1.29 is 98.1 Å². The zero-order valence-corrected chi connectivity index (χ0v) is 32.4. The van der Waals surface area contributed by atoms with Crippen LogP contribution < -0.4 is 37.6 Å². The minimum absolute atomic E-state index is 0.108. The van der Waals surface area contributed by atoms with E-state index in [0.717, 1.165) is 0 Å². The molecule has 0 saturated carbocycles. The number of nitrogens with one attached hydrogen (secondary N) is 7. The number of amides is 6. The summed E-state index contributed by atoms with van der Waals surface area (Å²) in [5, 5.41) is 76.8. The zero-order chi connectivity index (χ0) is 47.7. The van der Waals surface area contributed by atoms with Crippen LogP contribution in [0.25, 0.3) is 10.9 Å². The number of H-pyrrole nitrogens is 1. The lowest BCUT2D eigenvalue weighted by Crippen LogP contribution is -2.60. The maximum Gasteiger partial charge on any atom is 0.326 e. The molecule has 6 amide bonds. The summed E-state index contributed by atoms with van der Waals surface area (Å²) in [5.41, 5.74) is 7.31. The Morgan fingerprint density at radius 1 is 0.444 bits per heavy atom. The highest BCUT2D eigenvalue weighted by molar-refractivity contribution is 6.00. The molecule has 0 radical (unpaired) electrons. The normalized spacial score (nSPS) is 14.1. The molecule has 1 aromatic carbocycles. The molecule has 0 saturated heterocycles. The highest BCUT2D eigenvalue weighted by Crippen LogP contribution is 2.19. The molecule has 0 spiro atoms. The monoisotopic (exact) mass is 894 g/mol. The maximum absolute atomic E-state index is 13.4. The van der Waals surface area contributed by atoms with E-state index < -0.39 is 158 Å². The van der Waals surface area contributed by atoms with E-state index in [1.807, 2.05) is 5.32 Å². The Morgan fingerprint density at radius 2 is 0.730 bits per heavy atom. The number of fused-ring (bicyclic) bond motifs is 1. The first kappa shape index (κ1) is 51.0. The van der Waals surface area contributed by atoms with Gasteiger partial charge in [-0.3, -0.25) is 57.5 Å². The molecule has 0 bridgehead atoms. The van der Waals surface area contributed by atoms with Gasteiger partial charge in [-0.05, 0) is 18.1 Å². The van der Waals surface area contributed by atoms with Crippen molar-refractivity contribution in [1.29, 1.82) is 0 Å².